The maximum absolute atomic E-state index is 14.5. The molecular formula is C61H102N6O5. The molecule has 3 unspecified atom stereocenters. The van der Waals surface area contributed by atoms with E-state index in [1.807, 2.05) is 48.7 Å². The van der Waals surface area contributed by atoms with Crippen LogP contribution in [0.4, 0.5) is 17.1 Å². The lowest BCUT2D eigenvalue weighted by molar-refractivity contribution is -0.340. The van der Waals surface area contributed by atoms with Crippen LogP contribution >= 0.6 is 0 Å². The standard InChI is InChI=1S/C61H102N6O5/c1-14-18-22-26-28-31-35-46(34-30-24-20-16-3)44-71-56(69)47-40-49(61(13,72-70)48(36-32-25-21-17-4)37-33-29-27-23-19-15-2)42-50(41-47)62-51-38-45(5)39-52(55(51)68)63-60(11,12)59(9,10)57-65-64-54-43-53(58(6,7)8)66-67(54)57/h38-43,46,48,62-63,66,68,70H,14-37,44H2,1-13H3. The monoisotopic (exact) mass is 999 g/mol. The van der Waals surface area contributed by atoms with Crippen molar-refractivity contribution in [2.24, 2.45) is 11.8 Å². The Hall–Kier alpha value is -4.09. The summed E-state index contributed by atoms with van der Waals surface area (Å²) >= 11 is 0. The van der Waals surface area contributed by atoms with Gasteiger partial charge in [0.25, 0.3) is 0 Å². The Morgan fingerprint density at radius 3 is 1.72 bits per heavy atom. The van der Waals surface area contributed by atoms with Crippen LogP contribution in [0.5, 0.6) is 5.75 Å². The second-order valence-corrected chi connectivity index (χ2v) is 23.8. The highest BCUT2D eigenvalue weighted by Crippen LogP contribution is 2.44. The van der Waals surface area contributed by atoms with Crippen LogP contribution in [-0.2, 0) is 26.1 Å². The van der Waals surface area contributed by atoms with Crippen LogP contribution in [0.1, 0.15) is 270 Å². The topological polar surface area (TPSA) is 146 Å². The number of fused-ring (bicyclic) bond motifs is 1. The van der Waals surface area contributed by atoms with Crippen molar-refractivity contribution in [1.82, 2.24) is 19.8 Å². The zero-order chi connectivity index (χ0) is 53.0. The van der Waals surface area contributed by atoms with E-state index in [1.165, 1.54) is 77.0 Å². The Morgan fingerprint density at radius 2 is 1.18 bits per heavy atom. The number of nitrogens with one attached hydrogen (secondary N) is 3. The van der Waals surface area contributed by atoms with E-state index in [0.29, 0.717) is 40.7 Å². The van der Waals surface area contributed by atoms with E-state index in [1.54, 1.807) is 0 Å². The number of carbonyl (C=O) groups excluding carboxylic acids is 1. The highest BCUT2D eigenvalue weighted by molar-refractivity contribution is 5.91. The van der Waals surface area contributed by atoms with Gasteiger partial charge < -0.3 is 20.5 Å². The summed E-state index contributed by atoms with van der Waals surface area (Å²) in [5.41, 5.74) is 3.03. The Morgan fingerprint density at radius 1 is 0.667 bits per heavy atom. The first-order chi connectivity index (χ1) is 34.3. The lowest BCUT2D eigenvalue weighted by atomic mass is 9.73. The van der Waals surface area contributed by atoms with Crippen molar-refractivity contribution in [3.05, 3.63) is 64.6 Å². The summed E-state index contributed by atoms with van der Waals surface area (Å²) in [5, 5.41) is 43.3. The number of aromatic amines is 1. The number of esters is 1. The van der Waals surface area contributed by atoms with Crippen molar-refractivity contribution in [1.29, 1.82) is 0 Å². The van der Waals surface area contributed by atoms with Crippen LogP contribution in [0.2, 0.25) is 0 Å². The second-order valence-electron chi connectivity index (χ2n) is 23.8. The summed E-state index contributed by atoms with van der Waals surface area (Å²) in [6.45, 7) is 28.3. The molecule has 0 saturated carbocycles. The van der Waals surface area contributed by atoms with E-state index >= 15 is 0 Å². The molecule has 11 nitrogen and oxygen atoms in total. The molecule has 406 valence electrons. The van der Waals surface area contributed by atoms with Gasteiger partial charge in [-0.3, -0.25) is 10.4 Å². The number of unbranched alkanes of at least 4 members (excludes halogenated alkanes) is 16. The number of hydrogen-bond donors (Lipinski definition) is 5. The number of rotatable bonds is 36. The minimum Gasteiger partial charge on any atom is -0.504 e. The van der Waals surface area contributed by atoms with Gasteiger partial charge in [0, 0.05) is 33.8 Å². The fraction of sp³-hybridized carbons (Fsp3) is 0.721. The third-order valence-corrected chi connectivity index (χ3v) is 16.0. The number of hydrogen-bond acceptors (Lipinski definition) is 9. The predicted molar refractivity (Wildman–Crippen MR) is 301 cm³/mol. The number of aromatic nitrogens is 4. The van der Waals surface area contributed by atoms with Crippen molar-refractivity contribution in [2.75, 3.05) is 17.2 Å². The molecule has 0 amide bonds. The van der Waals surface area contributed by atoms with E-state index in [-0.39, 0.29) is 17.1 Å². The quantitative estimate of drug-likeness (QED) is 0.00988. The third-order valence-electron chi connectivity index (χ3n) is 16.0. The predicted octanol–water partition coefficient (Wildman–Crippen LogP) is 17.8. The van der Waals surface area contributed by atoms with Gasteiger partial charge in [-0.1, -0.05) is 191 Å². The minimum atomic E-state index is -1.11. The molecule has 0 saturated heterocycles. The molecule has 11 heteroatoms. The van der Waals surface area contributed by atoms with E-state index in [2.05, 4.69) is 108 Å². The van der Waals surface area contributed by atoms with Gasteiger partial charge >= 0.3 is 5.97 Å². The minimum absolute atomic E-state index is 0.000725. The average molecular weight is 1000 g/mol. The number of nitrogens with zero attached hydrogens (tertiary/aromatic N) is 3. The van der Waals surface area contributed by atoms with Crippen molar-refractivity contribution < 1.29 is 24.8 Å². The van der Waals surface area contributed by atoms with Gasteiger partial charge in [-0.05, 0) is 107 Å². The fourth-order valence-electron chi connectivity index (χ4n) is 10.3. The van der Waals surface area contributed by atoms with Crippen LogP contribution in [0.15, 0.2) is 36.4 Å². The highest BCUT2D eigenvalue weighted by atomic mass is 17.1. The van der Waals surface area contributed by atoms with E-state index in [9.17, 15) is 15.2 Å². The van der Waals surface area contributed by atoms with E-state index < -0.39 is 22.5 Å². The van der Waals surface area contributed by atoms with Crippen LogP contribution in [0, 0.1) is 18.8 Å². The SMILES string of the molecule is CCCCCCCCC(CCCCCC)COC(=O)c1cc(Nc2cc(C)cc(NC(C)(C)C(C)(C)c3nnc4cc(C(C)(C)C)[nH]n34)c2O)cc(C(C)(OO)C(CCCCCC)CCCCCCCC)c1. The van der Waals surface area contributed by atoms with Gasteiger partial charge in [-0.2, -0.15) is 0 Å². The zero-order valence-corrected chi connectivity index (χ0v) is 47.8. The molecule has 0 fully saturated rings. The van der Waals surface area contributed by atoms with Crippen LogP contribution in [0.25, 0.3) is 5.65 Å². The molecule has 0 bridgehead atoms. The molecule has 0 radical (unpaired) electrons. The molecule has 4 rings (SSSR count). The van der Waals surface area contributed by atoms with E-state index in [4.69, 9.17) is 9.62 Å². The second kappa shape index (κ2) is 29.1. The van der Waals surface area contributed by atoms with Gasteiger partial charge in [0.2, 0.25) is 0 Å². The number of anilines is 3. The van der Waals surface area contributed by atoms with Crippen LogP contribution < -0.4 is 10.6 Å². The summed E-state index contributed by atoms with van der Waals surface area (Å²) in [6.07, 6.45) is 27.6. The first kappa shape index (κ1) is 60.5. The highest BCUT2D eigenvalue weighted by Gasteiger charge is 2.44. The molecule has 4 aromatic rings. The van der Waals surface area contributed by atoms with Crippen molar-refractivity contribution in [3.63, 3.8) is 0 Å². The number of benzene rings is 2. The molecular weight excluding hydrogens is 897 g/mol. The number of aryl methyl sites for hydroxylation is 1. The Kier molecular flexibility index (Phi) is 24.5. The lowest BCUT2D eigenvalue weighted by Crippen LogP contribution is -2.50. The normalized spacial score (nSPS) is 14.1. The summed E-state index contributed by atoms with van der Waals surface area (Å²) < 4.78 is 8.27. The van der Waals surface area contributed by atoms with Crippen molar-refractivity contribution in [3.8, 4) is 5.75 Å². The first-order valence-electron chi connectivity index (χ1n) is 28.7. The van der Waals surface area contributed by atoms with Gasteiger partial charge in [-0.25, -0.2) is 14.2 Å². The van der Waals surface area contributed by atoms with Crippen LogP contribution in [0.3, 0.4) is 0 Å². The molecule has 72 heavy (non-hydrogen) atoms. The summed E-state index contributed by atoms with van der Waals surface area (Å²) in [6, 6.07) is 11.6. The number of H-pyrrole nitrogens is 1. The number of aromatic hydroxyl groups is 1. The van der Waals surface area contributed by atoms with Gasteiger partial charge in [-0.15, -0.1) is 10.2 Å². The molecule has 5 N–H and O–H groups in total. The molecule has 3 atom stereocenters. The first-order valence-corrected chi connectivity index (χ1v) is 28.7. The fourth-order valence-corrected chi connectivity index (χ4v) is 10.3. The maximum atomic E-state index is 14.5. The largest absolute Gasteiger partial charge is 0.504 e. The smallest absolute Gasteiger partial charge is 0.338 e. The number of phenolic OH excluding ortho intramolecular Hbond substituents is 1. The Labute approximate surface area is 437 Å². The van der Waals surface area contributed by atoms with E-state index in [0.717, 1.165) is 99.8 Å². The molecule has 0 spiro atoms. The zero-order valence-electron chi connectivity index (χ0n) is 47.8. The van der Waals surface area contributed by atoms with Crippen molar-refractivity contribution >= 4 is 28.7 Å². The molecule has 2 heterocycles. The number of ether oxygens (including phenoxy) is 1. The third kappa shape index (κ3) is 17.2. The Balaban J connectivity index is 1.73. The molecule has 0 aliphatic carbocycles. The van der Waals surface area contributed by atoms with Gasteiger partial charge in [0.1, 0.15) is 5.60 Å². The average Bonchev–Trinajstić information content (AvgIpc) is 3.96. The lowest BCUT2D eigenvalue weighted by Gasteiger charge is -2.41. The Bertz CT molecular complexity index is 2200. The maximum Gasteiger partial charge on any atom is 0.338 e. The summed E-state index contributed by atoms with van der Waals surface area (Å²) in [5.74, 6) is 0.722. The van der Waals surface area contributed by atoms with Crippen LogP contribution in [-0.4, -0.2) is 48.3 Å². The van der Waals surface area contributed by atoms with Crippen molar-refractivity contribution in [2.45, 2.75) is 266 Å². The molecule has 0 aliphatic heterocycles. The molecule has 0 aliphatic rings. The number of phenols is 1. The number of carbonyl (C=O) groups is 1. The molecule has 2 aromatic heterocycles. The summed E-state index contributed by atoms with van der Waals surface area (Å²) in [7, 11) is 0. The van der Waals surface area contributed by atoms with Gasteiger partial charge in [0.15, 0.2) is 17.2 Å². The summed E-state index contributed by atoms with van der Waals surface area (Å²) in [4.78, 5) is 20.2. The molecule has 2 aromatic carbocycles. The van der Waals surface area contributed by atoms with Gasteiger partial charge in [0.05, 0.1) is 23.5 Å².